The second-order valence-corrected chi connectivity index (χ2v) is 10.1. The summed E-state index contributed by atoms with van der Waals surface area (Å²) in [5.74, 6) is 1.61. The molecule has 8 heteroatoms. The highest BCUT2D eigenvalue weighted by Crippen LogP contribution is 2.33. The van der Waals surface area contributed by atoms with Crippen molar-refractivity contribution in [1.82, 2.24) is 24.4 Å². The Morgan fingerprint density at radius 1 is 0.944 bits per heavy atom. The number of piperazine rings is 1. The van der Waals surface area contributed by atoms with Crippen LogP contribution in [0, 0.1) is 0 Å². The number of hydrogen-bond acceptors (Lipinski definition) is 7. The Kier molecular flexibility index (Phi) is 6.19. The van der Waals surface area contributed by atoms with Crippen LogP contribution < -0.4 is 16.0 Å². The molecule has 2 aromatic carbocycles. The molecule has 0 radical (unpaired) electrons. The maximum absolute atomic E-state index is 6.17. The molecule has 8 nitrogen and oxygen atoms in total. The monoisotopic (exact) mass is 482 g/mol. The molecule has 1 saturated carbocycles. The van der Waals surface area contributed by atoms with Gasteiger partial charge in [0.25, 0.3) is 0 Å². The fourth-order valence-corrected chi connectivity index (χ4v) is 5.37. The van der Waals surface area contributed by atoms with E-state index in [-0.39, 0.29) is 0 Å². The van der Waals surface area contributed by atoms with Crippen LogP contribution in [-0.2, 0) is 6.54 Å². The lowest BCUT2D eigenvalue weighted by molar-refractivity contribution is 0.311. The molecule has 2 aliphatic rings. The zero-order valence-corrected chi connectivity index (χ0v) is 20.9. The summed E-state index contributed by atoms with van der Waals surface area (Å²) in [4.78, 5) is 19.4. The van der Waals surface area contributed by atoms with Gasteiger partial charge in [-0.05, 0) is 37.1 Å². The number of imidazole rings is 1. The lowest BCUT2D eigenvalue weighted by atomic mass is 10.0. The Bertz CT molecular complexity index is 1330. The van der Waals surface area contributed by atoms with Crippen LogP contribution in [-0.4, -0.2) is 57.6 Å². The Hall–Kier alpha value is -3.65. The number of nitrogen functional groups attached to an aromatic ring is 1. The third kappa shape index (κ3) is 4.48. The van der Waals surface area contributed by atoms with Gasteiger partial charge in [-0.3, -0.25) is 0 Å². The van der Waals surface area contributed by atoms with Crippen LogP contribution in [0.1, 0.15) is 37.3 Å². The van der Waals surface area contributed by atoms with Gasteiger partial charge in [0.1, 0.15) is 0 Å². The van der Waals surface area contributed by atoms with E-state index in [0.29, 0.717) is 12.6 Å². The zero-order valence-electron chi connectivity index (χ0n) is 20.9. The van der Waals surface area contributed by atoms with E-state index in [1.165, 1.54) is 31.2 Å². The highest BCUT2D eigenvalue weighted by atomic mass is 15.3. The number of nitrogens with zero attached hydrogens (tertiary/aromatic N) is 6. The lowest BCUT2D eigenvalue weighted by Crippen LogP contribution is -2.45. The molecule has 4 aromatic rings. The summed E-state index contributed by atoms with van der Waals surface area (Å²) in [6, 6.07) is 17.0. The summed E-state index contributed by atoms with van der Waals surface area (Å²) in [6.45, 7) is 4.57. The van der Waals surface area contributed by atoms with Crippen molar-refractivity contribution in [2.45, 2.75) is 38.3 Å². The number of fused-ring (bicyclic) bond motifs is 1. The summed E-state index contributed by atoms with van der Waals surface area (Å²) in [5, 5.41) is 3.58. The first-order valence-corrected chi connectivity index (χ1v) is 13.0. The molecule has 0 atom stereocenters. The maximum atomic E-state index is 6.17. The first-order chi connectivity index (χ1) is 17.7. The number of rotatable bonds is 6. The Morgan fingerprint density at radius 2 is 1.69 bits per heavy atom. The van der Waals surface area contributed by atoms with Gasteiger partial charge in [0, 0.05) is 50.0 Å². The molecule has 2 fully saturated rings. The summed E-state index contributed by atoms with van der Waals surface area (Å²) < 4.78 is 2.29. The number of hydrogen-bond donors (Lipinski definition) is 2. The van der Waals surface area contributed by atoms with E-state index in [9.17, 15) is 0 Å². The van der Waals surface area contributed by atoms with Crippen LogP contribution in [0.3, 0.4) is 0 Å². The molecule has 0 spiro atoms. The largest absolute Gasteiger partial charge is 0.398 e. The number of anilines is 3. The second-order valence-electron chi connectivity index (χ2n) is 10.1. The van der Waals surface area contributed by atoms with Crippen molar-refractivity contribution < 1.29 is 0 Å². The van der Waals surface area contributed by atoms with E-state index in [1.54, 1.807) is 0 Å². The first kappa shape index (κ1) is 22.8. The second kappa shape index (κ2) is 9.78. The molecule has 1 saturated heterocycles. The normalized spacial score (nSPS) is 17.2. The van der Waals surface area contributed by atoms with Crippen molar-refractivity contribution >= 4 is 28.6 Å². The van der Waals surface area contributed by atoms with E-state index in [2.05, 4.69) is 57.1 Å². The van der Waals surface area contributed by atoms with Gasteiger partial charge < -0.3 is 25.4 Å². The SMILES string of the molecule is CN1CCN(c2nc(NCc3ccc(-c4ccccc4N)cc3)c3ncn(C4CCCC4)c3n2)CC1. The highest BCUT2D eigenvalue weighted by Gasteiger charge is 2.24. The molecule has 3 N–H and O–H groups in total. The molecule has 6 rings (SSSR count). The average Bonchev–Trinajstić information content (AvgIpc) is 3.58. The van der Waals surface area contributed by atoms with E-state index in [0.717, 1.165) is 65.9 Å². The predicted molar refractivity (Wildman–Crippen MR) is 146 cm³/mol. The first-order valence-electron chi connectivity index (χ1n) is 13.0. The van der Waals surface area contributed by atoms with E-state index >= 15 is 0 Å². The van der Waals surface area contributed by atoms with E-state index in [4.69, 9.17) is 20.7 Å². The molecular formula is C28H34N8. The zero-order chi connectivity index (χ0) is 24.5. The molecule has 2 aromatic heterocycles. The molecule has 186 valence electrons. The van der Waals surface area contributed by atoms with Crippen molar-refractivity contribution in [2.75, 3.05) is 49.2 Å². The smallest absolute Gasteiger partial charge is 0.229 e. The van der Waals surface area contributed by atoms with Crippen molar-refractivity contribution in [3.05, 3.63) is 60.4 Å². The minimum Gasteiger partial charge on any atom is -0.398 e. The van der Waals surface area contributed by atoms with Gasteiger partial charge in [-0.1, -0.05) is 55.3 Å². The Morgan fingerprint density at radius 3 is 2.44 bits per heavy atom. The highest BCUT2D eigenvalue weighted by molar-refractivity contribution is 5.84. The fourth-order valence-electron chi connectivity index (χ4n) is 5.37. The fraction of sp³-hybridized carbons (Fsp3) is 0.393. The van der Waals surface area contributed by atoms with Crippen LogP contribution in [0.5, 0.6) is 0 Å². The molecule has 1 aliphatic heterocycles. The number of likely N-dealkylation sites (N-methyl/N-ethyl adjacent to an activating group) is 1. The van der Waals surface area contributed by atoms with Gasteiger partial charge >= 0.3 is 0 Å². The number of para-hydroxylation sites is 1. The minimum absolute atomic E-state index is 0.482. The van der Waals surface area contributed by atoms with Gasteiger partial charge in [0.2, 0.25) is 5.95 Å². The lowest BCUT2D eigenvalue weighted by Gasteiger charge is -2.32. The van der Waals surface area contributed by atoms with E-state index < -0.39 is 0 Å². The number of nitrogens with two attached hydrogens (primary N) is 1. The molecule has 3 heterocycles. The summed E-state index contributed by atoms with van der Waals surface area (Å²) in [7, 11) is 2.17. The van der Waals surface area contributed by atoms with Crippen LogP contribution in [0.2, 0.25) is 0 Å². The van der Waals surface area contributed by atoms with Gasteiger partial charge in [0.15, 0.2) is 17.0 Å². The third-order valence-electron chi connectivity index (χ3n) is 7.60. The standard InChI is InChI=1S/C28H34N8/c1-34-14-16-35(17-15-34)28-32-26(25-27(33-28)36(19-31-25)22-6-2-3-7-22)30-18-20-10-12-21(13-11-20)23-8-4-5-9-24(23)29/h4-5,8-13,19,22H,2-3,6-7,14-18,29H2,1H3,(H,30,32,33). The number of nitrogens with one attached hydrogen (secondary N) is 1. The third-order valence-corrected chi connectivity index (χ3v) is 7.60. The van der Waals surface area contributed by atoms with Crippen molar-refractivity contribution in [1.29, 1.82) is 0 Å². The molecule has 1 aliphatic carbocycles. The molecule has 0 unspecified atom stereocenters. The van der Waals surface area contributed by atoms with Crippen molar-refractivity contribution in [2.24, 2.45) is 0 Å². The van der Waals surface area contributed by atoms with E-state index in [1.807, 2.05) is 24.5 Å². The van der Waals surface area contributed by atoms with Crippen molar-refractivity contribution in [3.63, 3.8) is 0 Å². The van der Waals surface area contributed by atoms with Gasteiger partial charge in [0.05, 0.1) is 6.33 Å². The van der Waals surface area contributed by atoms with Gasteiger partial charge in [-0.2, -0.15) is 9.97 Å². The van der Waals surface area contributed by atoms with Crippen molar-refractivity contribution in [3.8, 4) is 11.1 Å². The predicted octanol–water partition coefficient (Wildman–Crippen LogP) is 4.55. The molecule has 36 heavy (non-hydrogen) atoms. The topological polar surface area (TPSA) is 88.1 Å². The van der Waals surface area contributed by atoms with Gasteiger partial charge in [-0.15, -0.1) is 0 Å². The van der Waals surface area contributed by atoms with Gasteiger partial charge in [-0.25, -0.2) is 4.98 Å². The van der Waals surface area contributed by atoms with Crippen LogP contribution >= 0.6 is 0 Å². The number of benzene rings is 2. The minimum atomic E-state index is 0.482. The maximum Gasteiger partial charge on any atom is 0.229 e. The quantitative estimate of drug-likeness (QED) is 0.390. The molecule has 0 amide bonds. The summed E-state index contributed by atoms with van der Waals surface area (Å²) in [6.07, 6.45) is 6.90. The summed E-state index contributed by atoms with van der Waals surface area (Å²) >= 11 is 0. The average molecular weight is 483 g/mol. The Balaban J connectivity index is 1.28. The van der Waals surface area contributed by atoms with Crippen LogP contribution in [0.15, 0.2) is 54.9 Å². The Labute approximate surface area is 212 Å². The molecular weight excluding hydrogens is 448 g/mol. The summed E-state index contributed by atoms with van der Waals surface area (Å²) in [5.41, 5.74) is 12.1. The number of aromatic nitrogens is 4. The van der Waals surface area contributed by atoms with Crippen LogP contribution in [0.4, 0.5) is 17.5 Å². The molecule has 0 bridgehead atoms. The van der Waals surface area contributed by atoms with Crippen LogP contribution in [0.25, 0.3) is 22.3 Å².